The van der Waals surface area contributed by atoms with Gasteiger partial charge in [-0.1, -0.05) is 0 Å². The van der Waals surface area contributed by atoms with E-state index in [2.05, 4.69) is 17.2 Å². The molecule has 1 fully saturated rings. The van der Waals surface area contributed by atoms with E-state index in [1.807, 2.05) is 17.5 Å². The zero-order chi connectivity index (χ0) is 8.39. The zero-order valence-corrected chi connectivity index (χ0v) is 8.16. The van der Waals surface area contributed by atoms with E-state index >= 15 is 0 Å². The van der Waals surface area contributed by atoms with Crippen molar-refractivity contribution in [1.29, 1.82) is 0 Å². The van der Waals surface area contributed by atoms with E-state index in [0.717, 1.165) is 12.5 Å². The third-order valence-corrected chi connectivity index (χ3v) is 3.41. The normalized spacial score (nSPS) is 24.2. The molecular weight excluding hydrogens is 168 g/mol. The minimum Gasteiger partial charge on any atom is -0.316 e. The van der Waals surface area contributed by atoms with E-state index in [0.29, 0.717) is 0 Å². The van der Waals surface area contributed by atoms with Crippen molar-refractivity contribution in [3.8, 4) is 0 Å². The highest BCUT2D eigenvalue weighted by molar-refractivity contribution is 7.11. The molecule has 0 radical (unpaired) electrons. The number of aromatic nitrogens is 1. The van der Waals surface area contributed by atoms with Crippen LogP contribution in [0.4, 0.5) is 0 Å². The summed E-state index contributed by atoms with van der Waals surface area (Å²) in [5.41, 5.74) is 0. The maximum Gasteiger partial charge on any atom is 0.0896 e. The Kier molecular flexibility index (Phi) is 2.42. The molecule has 1 saturated heterocycles. The van der Waals surface area contributed by atoms with Gasteiger partial charge in [-0.2, -0.15) is 0 Å². The Morgan fingerprint density at radius 2 is 2.58 bits per heavy atom. The summed E-state index contributed by atoms with van der Waals surface area (Å²) in [5, 5.41) is 4.61. The molecule has 0 saturated carbocycles. The number of nitrogens with one attached hydrogen (secondary N) is 1. The van der Waals surface area contributed by atoms with Gasteiger partial charge in [0, 0.05) is 23.5 Å². The van der Waals surface area contributed by atoms with E-state index in [1.165, 1.54) is 29.3 Å². The monoisotopic (exact) mass is 182 g/mol. The van der Waals surface area contributed by atoms with Crippen molar-refractivity contribution in [3.05, 3.63) is 16.1 Å². The quantitative estimate of drug-likeness (QED) is 0.717. The van der Waals surface area contributed by atoms with Crippen molar-refractivity contribution in [2.45, 2.75) is 25.7 Å². The molecule has 0 bridgehead atoms. The van der Waals surface area contributed by atoms with Crippen LogP contribution in [0.5, 0.6) is 0 Å². The summed E-state index contributed by atoms with van der Waals surface area (Å²) in [4.78, 5) is 5.74. The van der Waals surface area contributed by atoms with E-state index in [9.17, 15) is 0 Å². The molecule has 12 heavy (non-hydrogen) atoms. The molecule has 66 valence electrons. The largest absolute Gasteiger partial charge is 0.316 e. The van der Waals surface area contributed by atoms with Crippen LogP contribution < -0.4 is 5.32 Å². The minimum absolute atomic E-state index is 0.727. The molecule has 1 unspecified atom stereocenters. The Morgan fingerprint density at radius 3 is 3.17 bits per heavy atom. The molecule has 1 aromatic heterocycles. The summed E-state index contributed by atoms with van der Waals surface area (Å²) in [5.74, 6) is 0.727. The maximum atomic E-state index is 4.28. The van der Waals surface area contributed by atoms with Crippen LogP contribution in [0.15, 0.2) is 6.20 Å². The summed E-state index contributed by atoms with van der Waals surface area (Å²) in [6.07, 6.45) is 4.67. The predicted octanol–water partition coefficient (Wildman–Crippen LogP) is 1.92. The lowest BCUT2D eigenvalue weighted by atomic mass is 9.99. The van der Waals surface area contributed by atoms with E-state index in [-0.39, 0.29) is 0 Å². The highest BCUT2D eigenvalue weighted by atomic mass is 32.1. The third-order valence-electron chi connectivity index (χ3n) is 2.34. The fourth-order valence-corrected chi connectivity index (χ4v) is 2.58. The van der Waals surface area contributed by atoms with Gasteiger partial charge in [-0.25, -0.2) is 4.98 Å². The average molecular weight is 182 g/mol. The molecule has 2 rings (SSSR count). The van der Waals surface area contributed by atoms with Crippen molar-refractivity contribution in [1.82, 2.24) is 10.3 Å². The van der Waals surface area contributed by atoms with Gasteiger partial charge in [-0.05, 0) is 26.3 Å². The van der Waals surface area contributed by atoms with Gasteiger partial charge in [0.05, 0.1) is 5.01 Å². The Labute approximate surface area is 77.0 Å². The van der Waals surface area contributed by atoms with Crippen LogP contribution in [-0.4, -0.2) is 18.1 Å². The summed E-state index contributed by atoms with van der Waals surface area (Å²) < 4.78 is 0. The second-order valence-corrected chi connectivity index (χ2v) is 4.59. The maximum absolute atomic E-state index is 4.28. The number of rotatable bonds is 1. The SMILES string of the molecule is Cc1ncc(C2CCCNC2)s1. The Morgan fingerprint density at radius 1 is 1.67 bits per heavy atom. The molecule has 2 nitrogen and oxygen atoms in total. The van der Waals surface area contributed by atoms with E-state index in [1.54, 1.807) is 0 Å². The Balaban J connectivity index is 2.08. The number of hydrogen-bond acceptors (Lipinski definition) is 3. The van der Waals surface area contributed by atoms with E-state index in [4.69, 9.17) is 0 Å². The first-order valence-corrected chi connectivity index (χ1v) is 5.31. The second-order valence-electron chi connectivity index (χ2n) is 3.32. The fraction of sp³-hybridized carbons (Fsp3) is 0.667. The average Bonchev–Trinajstić information content (AvgIpc) is 2.54. The van der Waals surface area contributed by atoms with E-state index < -0.39 is 0 Å². The number of piperidine rings is 1. The molecular formula is C9H14N2S. The number of hydrogen-bond donors (Lipinski definition) is 1. The van der Waals surface area contributed by atoms with Crippen molar-refractivity contribution in [2.24, 2.45) is 0 Å². The summed E-state index contributed by atoms with van der Waals surface area (Å²) in [6, 6.07) is 0. The number of aryl methyl sites for hydroxylation is 1. The molecule has 0 spiro atoms. The van der Waals surface area contributed by atoms with Gasteiger partial charge in [0.15, 0.2) is 0 Å². The minimum atomic E-state index is 0.727. The summed E-state index contributed by atoms with van der Waals surface area (Å²) in [7, 11) is 0. The van der Waals surface area contributed by atoms with Crippen LogP contribution in [0.25, 0.3) is 0 Å². The first-order valence-electron chi connectivity index (χ1n) is 4.49. The lowest BCUT2D eigenvalue weighted by Gasteiger charge is -2.20. The van der Waals surface area contributed by atoms with Crippen LogP contribution in [-0.2, 0) is 0 Å². The van der Waals surface area contributed by atoms with Crippen LogP contribution >= 0.6 is 11.3 Å². The van der Waals surface area contributed by atoms with Crippen molar-refractivity contribution in [2.75, 3.05) is 13.1 Å². The number of nitrogens with zero attached hydrogens (tertiary/aromatic N) is 1. The van der Waals surface area contributed by atoms with Crippen LogP contribution in [0.1, 0.15) is 28.6 Å². The first-order chi connectivity index (χ1) is 5.86. The molecule has 2 heterocycles. The highest BCUT2D eigenvalue weighted by Gasteiger charge is 2.16. The van der Waals surface area contributed by atoms with Gasteiger partial charge < -0.3 is 5.32 Å². The van der Waals surface area contributed by atoms with Gasteiger partial charge in [0.25, 0.3) is 0 Å². The molecule has 0 amide bonds. The van der Waals surface area contributed by atoms with Gasteiger partial charge >= 0.3 is 0 Å². The van der Waals surface area contributed by atoms with Gasteiger partial charge in [0.2, 0.25) is 0 Å². The van der Waals surface area contributed by atoms with Gasteiger partial charge in [0.1, 0.15) is 0 Å². The van der Waals surface area contributed by atoms with Crippen LogP contribution in [0.2, 0.25) is 0 Å². The summed E-state index contributed by atoms with van der Waals surface area (Å²) in [6.45, 7) is 4.40. The lowest BCUT2D eigenvalue weighted by Crippen LogP contribution is -2.27. The fourth-order valence-electron chi connectivity index (χ4n) is 1.66. The standard InChI is InChI=1S/C9H14N2S/c1-7-11-6-9(12-7)8-3-2-4-10-5-8/h6,8,10H,2-5H2,1H3. The zero-order valence-electron chi connectivity index (χ0n) is 7.34. The topological polar surface area (TPSA) is 24.9 Å². The summed E-state index contributed by atoms with van der Waals surface area (Å²) >= 11 is 1.84. The molecule has 1 N–H and O–H groups in total. The van der Waals surface area contributed by atoms with Crippen molar-refractivity contribution < 1.29 is 0 Å². The number of thiazole rings is 1. The second kappa shape index (κ2) is 3.54. The molecule has 1 aliphatic rings. The molecule has 0 aliphatic carbocycles. The third kappa shape index (κ3) is 1.67. The molecule has 0 aromatic carbocycles. The first kappa shape index (κ1) is 8.20. The van der Waals surface area contributed by atoms with Gasteiger partial charge in [-0.3, -0.25) is 0 Å². The molecule has 1 atom stereocenters. The highest BCUT2D eigenvalue weighted by Crippen LogP contribution is 2.27. The Bertz CT molecular complexity index is 251. The van der Waals surface area contributed by atoms with Crippen molar-refractivity contribution >= 4 is 11.3 Å². The van der Waals surface area contributed by atoms with Crippen LogP contribution in [0.3, 0.4) is 0 Å². The van der Waals surface area contributed by atoms with Gasteiger partial charge in [-0.15, -0.1) is 11.3 Å². The molecule has 3 heteroatoms. The van der Waals surface area contributed by atoms with Crippen LogP contribution in [0, 0.1) is 6.92 Å². The van der Waals surface area contributed by atoms with Crippen molar-refractivity contribution in [3.63, 3.8) is 0 Å². The molecule has 1 aromatic rings. The lowest BCUT2D eigenvalue weighted by molar-refractivity contribution is 0.466. The molecule has 1 aliphatic heterocycles. The Hall–Kier alpha value is -0.410. The predicted molar refractivity (Wildman–Crippen MR) is 51.7 cm³/mol. The smallest absolute Gasteiger partial charge is 0.0896 e.